The SMILES string of the molecule is CC(=O)N(c1cc(Cl)cc(Cl)c1)C1CC(=O)OC1=O. The number of hydrogen-bond acceptors (Lipinski definition) is 4. The summed E-state index contributed by atoms with van der Waals surface area (Å²) in [6.07, 6.45) is -0.178. The highest BCUT2D eigenvalue weighted by Crippen LogP contribution is 2.29. The fraction of sp³-hybridized carbons (Fsp3) is 0.250. The number of anilines is 1. The summed E-state index contributed by atoms with van der Waals surface area (Å²) >= 11 is 11.7. The molecule has 7 heteroatoms. The molecule has 1 aromatic carbocycles. The Morgan fingerprint density at radius 3 is 2.26 bits per heavy atom. The fourth-order valence-corrected chi connectivity index (χ4v) is 2.43. The zero-order valence-corrected chi connectivity index (χ0v) is 11.4. The fourth-order valence-electron chi connectivity index (χ4n) is 1.92. The van der Waals surface area contributed by atoms with Crippen LogP contribution < -0.4 is 4.90 Å². The van der Waals surface area contributed by atoms with Crippen molar-refractivity contribution in [2.75, 3.05) is 4.90 Å². The van der Waals surface area contributed by atoms with E-state index >= 15 is 0 Å². The zero-order chi connectivity index (χ0) is 14.2. The number of rotatable bonds is 2. The first-order chi connectivity index (χ1) is 8.88. The Hall–Kier alpha value is -1.59. The first-order valence-electron chi connectivity index (χ1n) is 5.39. The van der Waals surface area contributed by atoms with Crippen LogP contribution in [0.15, 0.2) is 18.2 Å². The highest BCUT2D eigenvalue weighted by Gasteiger charge is 2.40. The number of ether oxygens (including phenoxy) is 1. The molecule has 5 nitrogen and oxygen atoms in total. The first-order valence-corrected chi connectivity index (χ1v) is 6.14. The smallest absolute Gasteiger partial charge is 0.337 e. The molecule has 1 fully saturated rings. The first kappa shape index (κ1) is 13.8. The van der Waals surface area contributed by atoms with E-state index < -0.39 is 23.9 Å². The number of nitrogens with zero attached hydrogens (tertiary/aromatic N) is 1. The molecule has 1 aromatic rings. The third-order valence-corrected chi connectivity index (χ3v) is 3.06. The van der Waals surface area contributed by atoms with Gasteiger partial charge in [0.1, 0.15) is 6.04 Å². The highest BCUT2D eigenvalue weighted by molar-refractivity contribution is 6.35. The Morgan fingerprint density at radius 1 is 1.26 bits per heavy atom. The molecular formula is C12H9Cl2NO4. The van der Waals surface area contributed by atoms with E-state index in [4.69, 9.17) is 23.2 Å². The van der Waals surface area contributed by atoms with Crippen molar-refractivity contribution in [1.29, 1.82) is 0 Å². The van der Waals surface area contributed by atoms with Crippen molar-refractivity contribution >= 4 is 46.7 Å². The van der Waals surface area contributed by atoms with Crippen LogP contribution in [-0.4, -0.2) is 23.9 Å². The van der Waals surface area contributed by atoms with Crippen molar-refractivity contribution in [3.8, 4) is 0 Å². The van der Waals surface area contributed by atoms with Crippen LogP contribution in [0.2, 0.25) is 10.0 Å². The molecule has 100 valence electrons. The summed E-state index contributed by atoms with van der Waals surface area (Å²) < 4.78 is 4.45. The van der Waals surface area contributed by atoms with E-state index in [2.05, 4.69) is 4.74 Å². The van der Waals surface area contributed by atoms with Crippen LogP contribution in [-0.2, 0) is 19.1 Å². The predicted molar refractivity (Wildman–Crippen MR) is 69.1 cm³/mol. The van der Waals surface area contributed by atoms with Gasteiger partial charge in [-0.2, -0.15) is 0 Å². The molecule has 1 amide bonds. The Kier molecular flexibility index (Phi) is 3.78. The van der Waals surface area contributed by atoms with Crippen molar-refractivity contribution < 1.29 is 19.1 Å². The molecule has 0 bridgehead atoms. The van der Waals surface area contributed by atoms with Gasteiger partial charge < -0.3 is 4.74 Å². The van der Waals surface area contributed by atoms with E-state index in [1.54, 1.807) is 0 Å². The summed E-state index contributed by atoms with van der Waals surface area (Å²) in [5, 5.41) is 0.651. The lowest BCUT2D eigenvalue weighted by Crippen LogP contribution is -2.42. The Balaban J connectivity index is 2.43. The summed E-state index contributed by atoms with van der Waals surface area (Å²) in [5.74, 6) is -1.82. The minimum absolute atomic E-state index is 0.178. The molecule has 0 spiro atoms. The van der Waals surface area contributed by atoms with Crippen molar-refractivity contribution in [2.45, 2.75) is 19.4 Å². The second kappa shape index (κ2) is 5.19. The molecular weight excluding hydrogens is 293 g/mol. The molecule has 0 N–H and O–H groups in total. The van der Waals surface area contributed by atoms with Gasteiger partial charge in [-0.15, -0.1) is 0 Å². The van der Waals surface area contributed by atoms with E-state index in [0.29, 0.717) is 15.7 Å². The molecule has 1 aliphatic rings. The Morgan fingerprint density at radius 2 is 1.84 bits per heavy atom. The predicted octanol–water partition coefficient (Wildman–Crippen LogP) is 2.19. The maximum absolute atomic E-state index is 11.7. The van der Waals surface area contributed by atoms with Gasteiger partial charge in [0.25, 0.3) is 0 Å². The lowest BCUT2D eigenvalue weighted by molar-refractivity contribution is -0.152. The van der Waals surface area contributed by atoms with Crippen molar-refractivity contribution in [3.63, 3.8) is 0 Å². The van der Waals surface area contributed by atoms with Gasteiger partial charge in [0, 0.05) is 22.7 Å². The van der Waals surface area contributed by atoms with E-state index in [1.165, 1.54) is 25.1 Å². The van der Waals surface area contributed by atoms with Crippen LogP contribution in [0.25, 0.3) is 0 Å². The lowest BCUT2D eigenvalue weighted by Gasteiger charge is -2.25. The van der Waals surface area contributed by atoms with Crippen LogP contribution in [0.1, 0.15) is 13.3 Å². The Bertz CT molecular complexity index is 553. The van der Waals surface area contributed by atoms with E-state index in [9.17, 15) is 14.4 Å². The molecule has 19 heavy (non-hydrogen) atoms. The summed E-state index contributed by atoms with van der Waals surface area (Å²) in [6.45, 7) is 1.28. The minimum Gasteiger partial charge on any atom is -0.392 e. The third-order valence-electron chi connectivity index (χ3n) is 2.62. The monoisotopic (exact) mass is 301 g/mol. The molecule has 1 aliphatic heterocycles. The van der Waals surface area contributed by atoms with Gasteiger partial charge in [-0.25, -0.2) is 4.79 Å². The van der Waals surface area contributed by atoms with Crippen molar-refractivity contribution in [1.82, 2.24) is 0 Å². The summed E-state index contributed by atoms with van der Waals surface area (Å²) in [7, 11) is 0. The lowest BCUT2D eigenvalue weighted by atomic mass is 10.1. The number of benzene rings is 1. The normalized spacial score (nSPS) is 18.4. The number of halogens is 2. The van der Waals surface area contributed by atoms with E-state index in [-0.39, 0.29) is 6.42 Å². The zero-order valence-electron chi connectivity index (χ0n) is 9.85. The quantitative estimate of drug-likeness (QED) is 0.620. The number of hydrogen-bond donors (Lipinski definition) is 0. The second-order valence-corrected chi connectivity index (χ2v) is 4.90. The van der Waals surface area contributed by atoms with Gasteiger partial charge in [0.15, 0.2) is 0 Å². The number of carbonyl (C=O) groups excluding carboxylic acids is 3. The number of carbonyl (C=O) groups is 3. The van der Waals surface area contributed by atoms with Gasteiger partial charge in [0.2, 0.25) is 5.91 Å². The third kappa shape index (κ3) is 2.88. The standard InChI is InChI=1S/C12H9Cl2NO4/c1-6(16)15(10-5-11(17)19-12(10)18)9-3-7(13)2-8(14)4-9/h2-4,10H,5H2,1H3. The van der Waals surface area contributed by atoms with Crippen molar-refractivity contribution in [2.24, 2.45) is 0 Å². The molecule has 1 heterocycles. The molecule has 2 rings (SSSR count). The van der Waals surface area contributed by atoms with Gasteiger partial charge in [-0.3, -0.25) is 14.5 Å². The molecule has 0 aromatic heterocycles. The summed E-state index contributed by atoms with van der Waals surface area (Å²) in [5.41, 5.74) is 0.349. The maximum Gasteiger partial charge on any atom is 0.337 e. The topological polar surface area (TPSA) is 63.7 Å². The van der Waals surface area contributed by atoms with Gasteiger partial charge in [0.05, 0.1) is 6.42 Å². The molecule has 1 unspecified atom stereocenters. The average molecular weight is 302 g/mol. The minimum atomic E-state index is -0.973. The second-order valence-electron chi connectivity index (χ2n) is 4.03. The van der Waals surface area contributed by atoms with Crippen LogP contribution in [0.5, 0.6) is 0 Å². The molecule has 1 atom stereocenters. The van der Waals surface area contributed by atoms with Crippen LogP contribution in [0.4, 0.5) is 5.69 Å². The van der Waals surface area contributed by atoms with Crippen molar-refractivity contribution in [3.05, 3.63) is 28.2 Å². The average Bonchev–Trinajstić information content (AvgIpc) is 2.56. The van der Waals surface area contributed by atoms with Gasteiger partial charge in [-0.05, 0) is 18.2 Å². The van der Waals surface area contributed by atoms with Gasteiger partial charge >= 0.3 is 11.9 Å². The largest absolute Gasteiger partial charge is 0.392 e. The number of cyclic esters (lactones) is 2. The molecule has 0 aliphatic carbocycles. The molecule has 0 saturated carbocycles. The van der Waals surface area contributed by atoms with E-state index in [0.717, 1.165) is 4.90 Å². The summed E-state index contributed by atoms with van der Waals surface area (Å²) in [6, 6.07) is 3.51. The molecule has 0 radical (unpaired) electrons. The molecule has 1 saturated heterocycles. The summed E-state index contributed by atoms with van der Waals surface area (Å²) in [4.78, 5) is 35.6. The van der Waals surface area contributed by atoms with Crippen LogP contribution in [0, 0.1) is 0 Å². The number of amides is 1. The maximum atomic E-state index is 11.7. The van der Waals surface area contributed by atoms with E-state index in [1.807, 2.05) is 0 Å². The Labute approximate surface area is 119 Å². The number of esters is 2. The van der Waals surface area contributed by atoms with Crippen LogP contribution >= 0.6 is 23.2 Å². The highest BCUT2D eigenvalue weighted by atomic mass is 35.5. The van der Waals surface area contributed by atoms with Crippen LogP contribution in [0.3, 0.4) is 0 Å². The van der Waals surface area contributed by atoms with Gasteiger partial charge in [-0.1, -0.05) is 23.2 Å².